The smallest absolute Gasteiger partial charge is 0.248 e. The highest BCUT2D eigenvalue weighted by Gasteiger charge is 2.49. The van der Waals surface area contributed by atoms with Crippen LogP contribution < -0.4 is 5.48 Å². The number of carbonyl (C=O) groups is 1. The average Bonchev–Trinajstić information content (AvgIpc) is 3.31. The Morgan fingerprint density at radius 1 is 1.06 bits per heavy atom. The molecule has 2 heterocycles. The number of hydroxylamine groups is 1. The Bertz CT molecular complexity index is 688. The highest BCUT2D eigenvalue weighted by atomic mass is 32.2. The topological polar surface area (TPSA) is 92.7 Å². The van der Waals surface area contributed by atoms with E-state index in [2.05, 4.69) is 19.1 Å². The fraction of sp³-hybridized carbons (Fsp3) is 0.875. The van der Waals surface area contributed by atoms with Crippen LogP contribution in [-0.2, 0) is 19.4 Å². The molecule has 2 saturated heterocycles. The van der Waals surface area contributed by atoms with E-state index in [0.717, 1.165) is 44.9 Å². The van der Waals surface area contributed by atoms with Gasteiger partial charge in [-0.15, -0.1) is 0 Å². The fourth-order valence-corrected chi connectivity index (χ4v) is 6.85. The minimum atomic E-state index is -3.05. The lowest BCUT2D eigenvalue weighted by Gasteiger charge is -2.27. The molecule has 4 atom stereocenters. The zero-order chi connectivity index (χ0) is 22.9. The summed E-state index contributed by atoms with van der Waals surface area (Å²) >= 11 is 0. The summed E-state index contributed by atoms with van der Waals surface area (Å²) in [4.78, 5) is 11.7. The Balaban J connectivity index is 1.80. The van der Waals surface area contributed by atoms with Gasteiger partial charge in [0.25, 0.3) is 0 Å². The molecule has 180 valence electrons. The van der Waals surface area contributed by atoms with Crippen molar-refractivity contribution in [3.63, 3.8) is 0 Å². The molecule has 31 heavy (non-hydrogen) atoms. The normalized spacial score (nSPS) is 26.1. The Hall–Kier alpha value is -0.920. The number of allylic oxidation sites excluding steroid dienone is 2. The maximum absolute atomic E-state index is 12.7. The molecule has 1 amide bonds. The molecule has 2 rings (SSSR count). The minimum absolute atomic E-state index is 0.0925. The Morgan fingerprint density at radius 3 is 2.39 bits per heavy atom. The van der Waals surface area contributed by atoms with Gasteiger partial charge in [0.1, 0.15) is 0 Å². The van der Waals surface area contributed by atoms with E-state index < -0.39 is 15.3 Å². The first-order valence-corrected chi connectivity index (χ1v) is 14.0. The number of carbonyl (C=O) groups excluding carboxylic acids is 1. The van der Waals surface area contributed by atoms with Crippen molar-refractivity contribution in [2.75, 3.05) is 11.5 Å². The van der Waals surface area contributed by atoms with Gasteiger partial charge in [0, 0.05) is 11.3 Å². The Labute approximate surface area is 189 Å². The van der Waals surface area contributed by atoms with E-state index >= 15 is 0 Å². The molecule has 7 heteroatoms. The van der Waals surface area contributed by atoms with Gasteiger partial charge < -0.3 is 4.74 Å². The van der Waals surface area contributed by atoms with Gasteiger partial charge in [-0.2, -0.15) is 0 Å². The van der Waals surface area contributed by atoms with Crippen LogP contribution in [0.4, 0.5) is 0 Å². The van der Waals surface area contributed by atoms with Gasteiger partial charge in [0.15, 0.2) is 9.84 Å². The molecule has 2 fully saturated rings. The van der Waals surface area contributed by atoms with Gasteiger partial charge in [-0.25, -0.2) is 13.9 Å². The molecule has 0 saturated carbocycles. The molecule has 0 aromatic carbocycles. The summed E-state index contributed by atoms with van der Waals surface area (Å²) in [6.45, 7) is 5.80. The van der Waals surface area contributed by atoms with Crippen LogP contribution in [0.2, 0.25) is 0 Å². The number of sulfone groups is 1. The van der Waals surface area contributed by atoms with Gasteiger partial charge >= 0.3 is 0 Å². The molecule has 2 bridgehead atoms. The summed E-state index contributed by atoms with van der Waals surface area (Å²) in [7, 11) is -3.05. The van der Waals surface area contributed by atoms with Crippen LogP contribution in [0.25, 0.3) is 0 Å². The molecule has 2 N–H and O–H groups in total. The van der Waals surface area contributed by atoms with Crippen molar-refractivity contribution in [3.05, 3.63) is 12.2 Å². The highest BCUT2D eigenvalue weighted by Crippen LogP contribution is 2.45. The molecular formula is C24H43NO5S. The molecule has 2 aliphatic heterocycles. The predicted molar refractivity (Wildman–Crippen MR) is 124 cm³/mol. The first-order valence-electron chi connectivity index (χ1n) is 12.2. The second kappa shape index (κ2) is 12.4. The van der Waals surface area contributed by atoms with Crippen LogP contribution in [0.1, 0.15) is 91.4 Å². The average molecular weight is 458 g/mol. The van der Waals surface area contributed by atoms with Crippen molar-refractivity contribution < 1.29 is 23.2 Å². The number of unbranched alkanes of at least 4 members (excludes halogenated alkanes) is 5. The van der Waals surface area contributed by atoms with E-state index in [1.165, 1.54) is 19.3 Å². The number of fused-ring (bicyclic) bond motifs is 2. The van der Waals surface area contributed by atoms with E-state index in [4.69, 9.17) is 9.94 Å². The zero-order valence-electron chi connectivity index (χ0n) is 19.6. The van der Waals surface area contributed by atoms with Crippen molar-refractivity contribution in [3.8, 4) is 0 Å². The molecule has 2 aliphatic rings. The lowest BCUT2D eigenvalue weighted by atomic mass is 9.78. The Kier molecular flexibility index (Phi) is 10.5. The van der Waals surface area contributed by atoms with Gasteiger partial charge in [-0.05, 0) is 44.4 Å². The van der Waals surface area contributed by atoms with E-state index in [0.29, 0.717) is 12.2 Å². The lowest BCUT2D eigenvalue weighted by Crippen LogP contribution is -2.34. The number of amides is 1. The number of nitrogens with one attached hydrogen (secondary N) is 1. The summed E-state index contributed by atoms with van der Waals surface area (Å²) in [5.41, 5.74) is 1.10. The first-order chi connectivity index (χ1) is 14.7. The number of hydrogen-bond acceptors (Lipinski definition) is 5. The maximum Gasteiger partial charge on any atom is 0.248 e. The zero-order valence-corrected chi connectivity index (χ0v) is 20.5. The highest BCUT2D eigenvalue weighted by molar-refractivity contribution is 7.91. The molecular weight excluding hydrogens is 414 g/mol. The molecule has 0 aromatic rings. The second-order valence-electron chi connectivity index (χ2n) is 10.1. The SMILES string of the molecule is CCCCCCCCS(=O)(=O)C[C@@H]1[C@H](C/C=C\CCC(C)(C)C(=O)NO)[C@@H]2CC[C@H]1O2. The fourth-order valence-electron chi connectivity index (χ4n) is 4.99. The monoisotopic (exact) mass is 457 g/mol. The summed E-state index contributed by atoms with van der Waals surface area (Å²) in [5, 5.41) is 8.82. The first kappa shape index (κ1) is 26.3. The van der Waals surface area contributed by atoms with Crippen molar-refractivity contribution >= 4 is 15.7 Å². The van der Waals surface area contributed by atoms with Gasteiger partial charge in [-0.1, -0.05) is 65.0 Å². The molecule has 6 nitrogen and oxygen atoms in total. The van der Waals surface area contributed by atoms with Crippen molar-refractivity contribution in [1.29, 1.82) is 0 Å². The van der Waals surface area contributed by atoms with E-state index in [9.17, 15) is 13.2 Å². The summed E-state index contributed by atoms with van der Waals surface area (Å²) in [5.74, 6) is 0.550. The van der Waals surface area contributed by atoms with Crippen LogP contribution in [0.5, 0.6) is 0 Å². The molecule has 0 spiro atoms. The van der Waals surface area contributed by atoms with Gasteiger partial charge in [0.2, 0.25) is 5.91 Å². The standard InChI is InChI=1S/C24H43NO5S/c1-4-5-6-7-8-12-17-31(28,29)18-20-19(21-14-15-22(20)30-21)13-10-9-11-16-24(2,3)23(26)25-27/h9-10,19-22,27H,4-8,11-18H2,1-3H3,(H,25,26)/b10-9-/t19-,20+,21-,22+/m0/s1. The molecule has 0 aromatic heterocycles. The number of rotatable bonds is 15. The van der Waals surface area contributed by atoms with E-state index in [1.54, 1.807) is 19.3 Å². The second-order valence-corrected chi connectivity index (χ2v) is 12.3. The van der Waals surface area contributed by atoms with Crippen molar-refractivity contribution in [1.82, 2.24) is 5.48 Å². The Morgan fingerprint density at radius 2 is 1.71 bits per heavy atom. The molecule has 0 unspecified atom stereocenters. The van der Waals surface area contributed by atoms with Crippen LogP contribution in [0.15, 0.2) is 12.2 Å². The third-order valence-corrected chi connectivity index (χ3v) is 8.88. The number of hydrogen-bond donors (Lipinski definition) is 2. The van der Waals surface area contributed by atoms with Crippen LogP contribution >= 0.6 is 0 Å². The number of ether oxygens (including phenoxy) is 1. The predicted octanol–water partition coefficient (Wildman–Crippen LogP) is 4.81. The third kappa shape index (κ3) is 8.17. The minimum Gasteiger partial charge on any atom is -0.374 e. The molecule has 0 radical (unpaired) electrons. The van der Waals surface area contributed by atoms with E-state index in [1.807, 2.05) is 0 Å². The van der Waals surface area contributed by atoms with Crippen molar-refractivity contribution in [2.45, 2.75) is 104 Å². The van der Waals surface area contributed by atoms with Gasteiger partial charge in [-0.3, -0.25) is 10.0 Å². The largest absolute Gasteiger partial charge is 0.374 e. The third-order valence-electron chi connectivity index (χ3n) is 7.07. The quantitative estimate of drug-likeness (QED) is 0.159. The molecule has 0 aliphatic carbocycles. The van der Waals surface area contributed by atoms with Crippen LogP contribution in [0, 0.1) is 17.3 Å². The van der Waals surface area contributed by atoms with Crippen molar-refractivity contribution in [2.24, 2.45) is 17.3 Å². The van der Waals surface area contributed by atoms with Gasteiger partial charge in [0.05, 0.1) is 23.7 Å². The summed E-state index contributed by atoms with van der Waals surface area (Å²) in [6.07, 6.45) is 15.2. The lowest BCUT2D eigenvalue weighted by molar-refractivity contribution is -0.138. The maximum atomic E-state index is 12.7. The van der Waals surface area contributed by atoms with E-state index in [-0.39, 0.29) is 35.7 Å². The summed E-state index contributed by atoms with van der Waals surface area (Å²) < 4.78 is 31.6. The van der Waals surface area contributed by atoms with Crippen LogP contribution in [0.3, 0.4) is 0 Å². The summed E-state index contributed by atoms with van der Waals surface area (Å²) in [6, 6.07) is 0. The van der Waals surface area contributed by atoms with Crippen LogP contribution in [-0.4, -0.2) is 43.2 Å².